The van der Waals surface area contributed by atoms with E-state index in [-0.39, 0.29) is 24.1 Å². The molecule has 0 saturated heterocycles. The molecule has 0 aliphatic carbocycles. The number of benzene rings is 1. The number of nitrogens with zero attached hydrogens (tertiary/aromatic N) is 3. The Balaban J connectivity index is 1.58. The van der Waals surface area contributed by atoms with Crippen molar-refractivity contribution in [3.05, 3.63) is 71.2 Å². The van der Waals surface area contributed by atoms with Gasteiger partial charge in [0.1, 0.15) is 17.4 Å². The molecule has 0 atom stereocenters. The number of amides is 1. The van der Waals surface area contributed by atoms with Crippen molar-refractivity contribution < 1.29 is 13.6 Å². The summed E-state index contributed by atoms with van der Waals surface area (Å²) >= 11 is 0. The molecule has 0 bridgehead atoms. The number of aryl methyl sites for hydroxylation is 1. The topological polar surface area (TPSA) is 98.5 Å². The minimum absolute atomic E-state index is 0.272. The third-order valence-corrected chi connectivity index (χ3v) is 4.05. The van der Waals surface area contributed by atoms with Crippen molar-refractivity contribution in [2.24, 2.45) is 0 Å². The van der Waals surface area contributed by atoms with Crippen LogP contribution in [0.2, 0.25) is 0 Å². The Kier molecular flexibility index (Phi) is 4.08. The first kappa shape index (κ1) is 16.8. The fourth-order valence-electron chi connectivity index (χ4n) is 2.69. The number of rotatable bonds is 4. The van der Waals surface area contributed by atoms with Gasteiger partial charge in [0.05, 0.1) is 0 Å². The third kappa shape index (κ3) is 3.37. The normalized spacial score (nSPS) is 11.0. The number of pyridine rings is 1. The Bertz CT molecular complexity index is 1130. The van der Waals surface area contributed by atoms with Crippen molar-refractivity contribution in [3.63, 3.8) is 0 Å². The largest absolute Gasteiger partial charge is 0.458 e. The molecule has 0 aliphatic rings. The van der Waals surface area contributed by atoms with Crippen LogP contribution in [0.1, 0.15) is 21.7 Å². The van der Waals surface area contributed by atoms with Gasteiger partial charge in [-0.05, 0) is 48.9 Å². The van der Waals surface area contributed by atoms with Crippen molar-refractivity contribution >= 4 is 17.4 Å². The molecule has 0 fully saturated rings. The summed E-state index contributed by atoms with van der Waals surface area (Å²) in [6, 6.07) is 12.6. The lowest BCUT2D eigenvalue weighted by atomic mass is 10.2. The van der Waals surface area contributed by atoms with Gasteiger partial charge in [-0.15, -0.1) is 5.10 Å². The summed E-state index contributed by atoms with van der Waals surface area (Å²) in [5.41, 5.74) is 7.61. The highest BCUT2D eigenvalue weighted by atomic mass is 19.1. The number of nitrogen functional groups attached to an aromatic ring is 1. The molecule has 0 radical (unpaired) electrons. The number of anilines is 1. The highest BCUT2D eigenvalue weighted by molar-refractivity contribution is 5.95. The number of carbonyl (C=O) groups excluding carboxylic acids is 1. The van der Waals surface area contributed by atoms with E-state index in [2.05, 4.69) is 15.4 Å². The van der Waals surface area contributed by atoms with E-state index in [1.165, 1.54) is 22.7 Å². The zero-order valence-corrected chi connectivity index (χ0v) is 14.4. The molecule has 0 saturated carbocycles. The van der Waals surface area contributed by atoms with Crippen molar-refractivity contribution in [1.82, 2.24) is 19.9 Å². The van der Waals surface area contributed by atoms with E-state index >= 15 is 0 Å². The van der Waals surface area contributed by atoms with Crippen LogP contribution in [0.3, 0.4) is 0 Å². The maximum Gasteiger partial charge on any atom is 0.251 e. The predicted octanol–water partition coefficient (Wildman–Crippen LogP) is 2.95. The second-order valence-corrected chi connectivity index (χ2v) is 6.09. The molecular weight excluding hydrogens is 349 g/mol. The molecule has 3 heterocycles. The van der Waals surface area contributed by atoms with Crippen LogP contribution in [-0.2, 0) is 6.54 Å². The van der Waals surface area contributed by atoms with Gasteiger partial charge < -0.3 is 15.5 Å². The minimum atomic E-state index is -0.322. The van der Waals surface area contributed by atoms with E-state index in [0.29, 0.717) is 22.8 Å². The zero-order valence-electron chi connectivity index (χ0n) is 14.4. The van der Waals surface area contributed by atoms with Crippen LogP contribution >= 0.6 is 0 Å². The number of nitrogens with two attached hydrogens (primary N) is 1. The van der Waals surface area contributed by atoms with E-state index in [4.69, 9.17) is 10.2 Å². The van der Waals surface area contributed by atoms with Crippen LogP contribution in [-0.4, -0.2) is 20.5 Å². The average molecular weight is 365 g/mol. The van der Waals surface area contributed by atoms with Crippen LogP contribution in [0.15, 0.2) is 52.9 Å². The highest BCUT2D eigenvalue weighted by Gasteiger charge is 2.15. The summed E-state index contributed by atoms with van der Waals surface area (Å²) in [5.74, 6) is 1.31. The Morgan fingerprint density at radius 2 is 2.00 bits per heavy atom. The molecular formula is C19H16FN5O2. The molecule has 4 aromatic rings. The monoisotopic (exact) mass is 365 g/mol. The summed E-state index contributed by atoms with van der Waals surface area (Å²) in [6.45, 7) is 2.10. The van der Waals surface area contributed by atoms with Crippen molar-refractivity contribution in [3.8, 4) is 11.6 Å². The van der Waals surface area contributed by atoms with E-state index < -0.39 is 0 Å². The van der Waals surface area contributed by atoms with Gasteiger partial charge in [0.2, 0.25) is 5.82 Å². The van der Waals surface area contributed by atoms with Crippen LogP contribution in [0.5, 0.6) is 0 Å². The second kappa shape index (κ2) is 6.56. The van der Waals surface area contributed by atoms with Gasteiger partial charge in [-0.3, -0.25) is 4.79 Å². The summed E-state index contributed by atoms with van der Waals surface area (Å²) < 4.78 is 19.9. The summed E-state index contributed by atoms with van der Waals surface area (Å²) in [6.07, 6.45) is 0. The first-order chi connectivity index (χ1) is 13.0. The van der Waals surface area contributed by atoms with Gasteiger partial charge in [0.15, 0.2) is 11.4 Å². The van der Waals surface area contributed by atoms with Crippen molar-refractivity contribution in [2.75, 3.05) is 5.73 Å². The average Bonchev–Trinajstić information content (AvgIpc) is 3.27. The summed E-state index contributed by atoms with van der Waals surface area (Å²) in [5, 5.41) is 7.09. The van der Waals surface area contributed by atoms with Gasteiger partial charge in [-0.1, -0.05) is 12.1 Å². The van der Waals surface area contributed by atoms with E-state index in [1.54, 1.807) is 24.3 Å². The minimum Gasteiger partial charge on any atom is -0.458 e. The van der Waals surface area contributed by atoms with Gasteiger partial charge in [0, 0.05) is 12.1 Å². The Labute approximate surface area is 153 Å². The molecule has 0 unspecified atom stereocenters. The second-order valence-electron chi connectivity index (χ2n) is 6.09. The lowest BCUT2D eigenvalue weighted by Crippen LogP contribution is -2.23. The molecule has 1 amide bonds. The summed E-state index contributed by atoms with van der Waals surface area (Å²) in [4.78, 5) is 16.8. The fraction of sp³-hybridized carbons (Fsp3) is 0.105. The molecule has 1 aromatic carbocycles. The molecule has 3 N–H and O–H groups in total. The first-order valence-corrected chi connectivity index (χ1v) is 8.25. The van der Waals surface area contributed by atoms with Gasteiger partial charge >= 0.3 is 0 Å². The summed E-state index contributed by atoms with van der Waals surface area (Å²) in [7, 11) is 0. The molecule has 3 aromatic heterocycles. The van der Waals surface area contributed by atoms with Gasteiger partial charge in [-0.25, -0.2) is 9.37 Å². The number of hydrogen-bond donors (Lipinski definition) is 2. The highest BCUT2D eigenvalue weighted by Crippen LogP contribution is 2.21. The Morgan fingerprint density at radius 1 is 1.22 bits per heavy atom. The standard InChI is InChI=1S/C19H16FN5O2/c1-11-2-7-15(27-11)18-23-17-9-13(8-16(21)25(17)24-18)19(26)22-10-12-3-5-14(20)6-4-12/h2-9H,10,21H2,1H3,(H,22,26). The number of carbonyl (C=O) groups is 1. The van der Waals surface area contributed by atoms with Gasteiger partial charge in [-0.2, -0.15) is 4.52 Å². The number of halogens is 1. The molecule has 0 aliphatic heterocycles. The Morgan fingerprint density at radius 3 is 2.70 bits per heavy atom. The maximum absolute atomic E-state index is 12.9. The first-order valence-electron chi connectivity index (χ1n) is 8.25. The number of fused-ring (bicyclic) bond motifs is 1. The maximum atomic E-state index is 12.9. The zero-order chi connectivity index (χ0) is 19.0. The molecule has 136 valence electrons. The molecule has 8 heteroatoms. The van der Waals surface area contributed by atoms with E-state index in [9.17, 15) is 9.18 Å². The Hall–Kier alpha value is -3.68. The predicted molar refractivity (Wildman–Crippen MR) is 97.4 cm³/mol. The SMILES string of the molecule is Cc1ccc(-c2nc3cc(C(=O)NCc4ccc(F)cc4)cc(N)n3n2)o1. The quantitative estimate of drug-likeness (QED) is 0.579. The molecule has 7 nitrogen and oxygen atoms in total. The fourth-order valence-corrected chi connectivity index (χ4v) is 2.69. The lowest BCUT2D eigenvalue weighted by Gasteiger charge is -2.07. The van der Waals surface area contributed by atoms with Crippen LogP contribution in [0, 0.1) is 12.7 Å². The smallest absolute Gasteiger partial charge is 0.251 e. The number of hydrogen-bond acceptors (Lipinski definition) is 5. The number of aromatic nitrogens is 3. The molecule has 27 heavy (non-hydrogen) atoms. The molecule has 0 spiro atoms. The van der Waals surface area contributed by atoms with E-state index in [1.807, 2.05) is 13.0 Å². The van der Waals surface area contributed by atoms with Crippen molar-refractivity contribution in [2.45, 2.75) is 13.5 Å². The number of furan rings is 1. The van der Waals surface area contributed by atoms with E-state index in [0.717, 1.165) is 11.3 Å². The van der Waals surface area contributed by atoms with Crippen molar-refractivity contribution in [1.29, 1.82) is 0 Å². The van der Waals surface area contributed by atoms with Gasteiger partial charge in [0.25, 0.3) is 5.91 Å². The number of nitrogens with one attached hydrogen (secondary N) is 1. The lowest BCUT2D eigenvalue weighted by molar-refractivity contribution is 0.0951. The third-order valence-electron chi connectivity index (χ3n) is 4.05. The van der Waals surface area contributed by atoms with Crippen LogP contribution in [0.25, 0.3) is 17.2 Å². The molecule has 4 rings (SSSR count). The van der Waals surface area contributed by atoms with Crippen LogP contribution in [0.4, 0.5) is 10.2 Å². The van der Waals surface area contributed by atoms with Crippen LogP contribution < -0.4 is 11.1 Å².